The molecule has 0 saturated carbocycles. The van der Waals surface area contributed by atoms with Gasteiger partial charge in [0.15, 0.2) is 0 Å². The summed E-state index contributed by atoms with van der Waals surface area (Å²) >= 11 is 6.07. The summed E-state index contributed by atoms with van der Waals surface area (Å²) in [4.78, 5) is 29.0. The number of aryl methyl sites for hydroxylation is 1. The van der Waals surface area contributed by atoms with Crippen LogP contribution in [0.2, 0.25) is 5.02 Å². The molecule has 0 radical (unpaired) electrons. The zero-order valence-corrected chi connectivity index (χ0v) is 18.6. The first-order chi connectivity index (χ1) is 16.0. The predicted molar refractivity (Wildman–Crippen MR) is 130 cm³/mol. The number of carbonyl (C=O) groups excluding carboxylic acids is 1. The number of nitrogens with zero attached hydrogens (tertiary/aromatic N) is 3. The Hall–Kier alpha value is -3.97. The fraction of sp³-hybridized carbons (Fsp3) is 0.120. The quantitative estimate of drug-likeness (QED) is 0.359. The van der Waals surface area contributed by atoms with Crippen LogP contribution in [0.25, 0.3) is 21.9 Å². The van der Waals surface area contributed by atoms with E-state index in [2.05, 4.69) is 25.3 Å². The second kappa shape index (κ2) is 8.52. The van der Waals surface area contributed by atoms with Crippen LogP contribution in [0.3, 0.4) is 0 Å². The van der Waals surface area contributed by atoms with Gasteiger partial charge in [0.1, 0.15) is 11.5 Å². The fourth-order valence-corrected chi connectivity index (χ4v) is 4.00. The molecule has 1 amide bonds. The second-order valence-corrected chi connectivity index (χ2v) is 8.42. The molecule has 0 unspecified atom stereocenters. The van der Waals surface area contributed by atoms with E-state index in [0.29, 0.717) is 29.4 Å². The van der Waals surface area contributed by atoms with Gasteiger partial charge in [0.25, 0.3) is 5.91 Å². The van der Waals surface area contributed by atoms with E-state index in [1.807, 2.05) is 43.3 Å². The van der Waals surface area contributed by atoms with Crippen molar-refractivity contribution in [2.45, 2.75) is 19.9 Å². The van der Waals surface area contributed by atoms with Crippen molar-refractivity contribution in [3.63, 3.8) is 0 Å². The van der Waals surface area contributed by atoms with Gasteiger partial charge in [-0.2, -0.15) is 0 Å². The predicted octanol–water partition coefficient (Wildman–Crippen LogP) is 4.57. The molecule has 0 bridgehead atoms. The largest absolute Gasteiger partial charge is 0.385 e. The van der Waals surface area contributed by atoms with Gasteiger partial charge in [0.05, 0.1) is 10.5 Å². The summed E-state index contributed by atoms with van der Waals surface area (Å²) < 4.78 is 0. The molecule has 33 heavy (non-hydrogen) atoms. The third kappa shape index (κ3) is 4.36. The lowest BCUT2D eigenvalue weighted by Crippen LogP contribution is -2.23. The number of benzene rings is 1. The second-order valence-electron chi connectivity index (χ2n) is 7.98. The van der Waals surface area contributed by atoms with E-state index in [1.54, 1.807) is 24.7 Å². The zero-order valence-electron chi connectivity index (χ0n) is 17.9. The maximum atomic E-state index is 12.8. The monoisotopic (exact) mass is 456 g/mol. The maximum Gasteiger partial charge on any atom is 0.251 e. The number of pyridine rings is 3. The maximum absolute atomic E-state index is 12.8. The number of nitrogens with two attached hydrogens (primary N) is 1. The molecule has 4 aromatic heterocycles. The van der Waals surface area contributed by atoms with E-state index >= 15 is 0 Å². The topological polar surface area (TPSA) is 110 Å². The Kier molecular flexibility index (Phi) is 5.40. The summed E-state index contributed by atoms with van der Waals surface area (Å²) in [6.45, 7) is 2.31. The van der Waals surface area contributed by atoms with Crippen LogP contribution < -0.4 is 11.1 Å². The number of nitrogen functional groups attached to an aromatic ring is 1. The zero-order chi connectivity index (χ0) is 22.9. The Morgan fingerprint density at radius 3 is 2.82 bits per heavy atom. The summed E-state index contributed by atoms with van der Waals surface area (Å²) in [7, 11) is 0. The van der Waals surface area contributed by atoms with Gasteiger partial charge >= 0.3 is 0 Å². The minimum absolute atomic E-state index is 0.168. The number of amides is 1. The number of hydrogen-bond acceptors (Lipinski definition) is 5. The van der Waals surface area contributed by atoms with E-state index in [0.717, 1.165) is 44.3 Å². The first-order valence-corrected chi connectivity index (χ1v) is 10.8. The minimum atomic E-state index is -0.168. The van der Waals surface area contributed by atoms with Gasteiger partial charge < -0.3 is 16.0 Å². The van der Waals surface area contributed by atoms with Crippen molar-refractivity contribution in [3.8, 4) is 0 Å². The lowest BCUT2D eigenvalue weighted by molar-refractivity contribution is 0.0950. The number of hydrogen-bond donors (Lipinski definition) is 3. The molecule has 0 spiro atoms. The Morgan fingerprint density at radius 1 is 1.06 bits per heavy atom. The van der Waals surface area contributed by atoms with Gasteiger partial charge in [-0.3, -0.25) is 14.8 Å². The third-order valence-corrected chi connectivity index (χ3v) is 5.84. The number of H-pyrrole nitrogens is 1. The number of fused-ring (bicyclic) bond motifs is 2. The van der Waals surface area contributed by atoms with E-state index in [1.165, 1.54) is 0 Å². The van der Waals surface area contributed by atoms with Gasteiger partial charge in [-0.25, -0.2) is 4.98 Å². The number of rotatable bonds is 5. The van der Waals surface area contributed by atoms with Crippen LogP contribution >= 0.6 is 11.6 Å². The molecule has 0 aliphatic heterocycles. The highest BCUT2D eigenvalue weighted by molar-refractivity contribution is 6.31. The smallest absolute Gasteiger partial charge is 0.251 e. The highest BCUT2D eigenvalue weighted by Gasteiger charge is 2.10. The van der Waals surface area contributed by atoms with Gasteiger partial charge in [0.2, 0.25) is 0 Å². The molecule has 0 aliphatic carbocycles. The van der Waals surface area contributed by atoms with Crippen LogP contribution in [-0.4, -0.2) is 25.8 Å². The van der Waals surface area contributed by atoms with Gasteiger partial charge in [-0.1, -0.05) is 17.7 Å². The SMILES string of the molecule is Cc1c(N)[nH]c2ncc(CNC(=O)c3ccnc(Cc4ccc5ncc(Cl)cc5c4)c3)cc12. The number of aromatic amines is 1. The number of carbonyl (C=O) groups is 1. The Balaban J connectivity index is 1.29. The number of aromatic nitrogens is 4. The molecule has 1 aromatic carbocycles. The van der Waals surface area contributed by atoms with Crippen molar-refractivity contribution < 1.29 is 4.79 Å². The normalized spacial score (nSPS) is 11.2. The first-order valence-electron chi connectivity index (χ1n) is 10.5. The third-order valence-electron chi connectivity index (χ3n) is 5.63. The van der Waals surface area contributed by atoms with Crippen LogP contribution in [0, 0.1) is 6.92 Å². The van der Waals surface area contributed by atoms with Crippen LogP contribution in [-0.2, 0) is 13.0 Å². The molecule has 4 heterocycles. The van der Waals surface area contributed by atoms with Crippen molar-refractivity contribution in [2.75, 3.05) is 5.73 Å². The Morgan fingerprint density at radius 2 is 1.94 bits per heavy atom. The summed E-state index contributed by atoms with van der Waals surface area (Å²) in [6.07, 6.45) is 5.62. The molecule has 7 nitrogen and oxygen atoms in total. The highest BCUT2D eigenvalue weighted by Crippen LogP contribution is 2.23. The van der Waals surface area contributed by atoms with Crippen molar-refractivity contribution >= 4 is 45.3 Å². The lowest BCUT2D eigenvalue weighted by Gasteiger charge is -2.08. The van der Waals surface area contributed by atoms with Crippen LogP contribution in [0.5, 0.6) is 0 Å². The van der Waals surface area contributed by atoms with Crippen LogP contribution in [0.4, 0.5) is 5.82 Å². The average Bonchev–Trinajstić information content (AvgIpc) is 3.10. The molecular weight excluding hydrogens is 436 g/mol. The molecule has 0 saturated heterocycles. The number of nitrogens with one attached hydrogen (secondary N) is 2. The van der Waals surface area contributed by atoms with E-state index in [-0.39, 0.29) is 5.91 Å². The summed E-state index contributed by atoms with van der Waals surface area (Å²) in [5.41, 5.74) is 11.8. The molecule has 164 valence electrons. The molecule has 8 heteroatoms. The van der Waals surface area contributed by atoms with E-state index < -0.39 is 0 Å². The molecular formula is C25H21ClN6O. The summed E-state index contributed by atoms with van der Waals surface area (Å²) in [5.74, 6) is 0.437. The highest BCUT2D eigenvalue weighted by atomic mass is 35.5. The molecule has 0 atom stereocenters. The molecule has 5 aromatic rings. The first kappa shape index (κ1) is 20.9. The lowest BCUT2D eigenvalue weighted by atomic mass is 10.0. The average molecular weight is 457 g/mol. The minimum Gasteiger partial charge on any atom is -0.385 e. The van der Waals surface area contributed by atoms with E-state index in [4.69, 9.17) is 17.3 Å². The van der Waals surface area contributed by atoms with Gasteiger partial charge in [0, 0.05) is 59.1 Å². The summed E-state index contributed by atoms with van der Waals surface area (Å²) in [6, 6.07) is 13.4. The molecule has 5 rings (SSSR count). The van der Waals surface area contributed by atoms with Crippen LogP contribution in [0.1, 0.15) is 32.7 Å². The standard InChI is InChI=1S/C25H21ClN6O/c1-14-21-8-16(11-30-24(21)32-23(14)27)12-31-25(33)17-4-5-28-20(10-17)7-15-2-3-22-18(6-15)9-19(26)13-29-22/h2-6,8-11,13H,7,12,27H2,1H3,(H,30,32)(H,31,33). The number of halogens is 1. The van der Waals surface area contributed by atoms with Crippen molar-refractivity contribution in [1.82, 2.24) is 25.3 Å². The van der Waals surface area contributed by atoms with Gasteiger partial charge in [-0.15, -0.1) is 0 Å². The molecule has 0 aliphatic rings. The number of anilines is 1. The molecule has 4 N–H and O–H groups in total. The Bertz CT molecular complexity index is 1510. The molecule has 0 fully saturated rings. The van der Waals surface area contributed by atoms with Gasteiger partial charge in [-0.05, 0) is 54.4 Å². The fourth-order valence-electron chi connectivity index (χ4n) is 3.83. The van der Waals surface area contributed by atoms with Crippen LogP contribution in [0.15, 0.2) is 61.1 Å². The Labute approximate surface area is 195 Å². The van der Waals surface area contributed by atoms with Crippen molar-refractivity contribution in [3.05, 3.63) is 94.0 Å². The van der Waals surface area contributed by atoms with Crippen molar-refractivity contribution in [2.24, 2.45) is 0 Å². The van der Waals surface area contributed by atoms with Crippen molar-refractivity contribution in [1.29, 1.82) is 0 Å². The summed E-state index contributed by atoms with van der Waals surface area (Å²) in [5, 5.41) is 5.48. The van der Waals surface area contributed by atoms with E-state index in [9.17, 15) is 4.79 Å².